The van der Waals surface area contributed by atoms with Crippen molar-refractivity contribution in [2.24, 2.45) is 0 Å². The van der Waals surface area contributed by atoms with Crippen molar-refractivity contribution in [3.05, 3.63) is 53.4 Å². The van der Waals surface area contributed by atoms with Crippen molar-refractivity contribution in [1.82, 2.24) is 30.5 Å². The zero-order valence-electron chi connectivity index (χ0n) is 24.1. The largest absolute Gasteiger partial charge is 0.475 e. The summed E-state index contributed by atoms with van der Waals surface area (Å²) >= 11 is 0. The summed E-state index contributed by atoms with van der Waals surface area (Å²) in [6, 6.07) is 8.15. The van der Waals surface area contributed by atoms with Crippen LogP contribution in [0.1, 0.15) is 35.9 Å². The first-order chi connectivity index (χ1) is 20.7. The predicted molar refractivity (Wildman–Crippen MR) is 160 cm³/mol. The van der Waals surface area contributed by atoms with Gasteiger partial charge in [-0.25, -0.2) is 23.7 Å². The molecular formula is C32H31F2N7O2. The summed E-state index contributed by atoms with van der Waals surface area (Å²) in [5, 5.41) is 7.89. The molecule has 0 unspecified atom stereocenters. The maximum Gasteiger partial charge on any atom is 0.289 e. The number of terminal acetylenes is 1. The Balaban J connectivity index is 1.47. The van der Waals surface area contributed by atoms with E-state index in [4.69, 9.17) is 16.1 Å². The molecule has 7 rings (SSSR count). The summed E-state index contributed by atoms with van der Waals surface area (Å²) in [5.74, 6) is 1.00. The second-order valence-corrected chi connectivity index (χ2v) is 11.9. The number of amides is 1. The number of halogens is 2. The van der Waals surface area contributed by atoms with E-state index in [0.29, 0.717) is 40.6 Å². The Morgan fingerprint density at radius 2 is 2.05 bits per heavy atom. The van der Waals surface area contributed by atoms with Crippen LogP contribution in [0.25, 0.3) is 32.9 Å². The molecule has 4 atom stereocenters. The smallest absolute Gasteiger partial charge is 0.289 e. The van der Waals surface area contributed by atoms with Crippen LogP contribution in [-0.4, -0.2) is 83.7 Å². The third-order valence-corrected chi connectivity index (χ3v) is 8.57. The third-order valence-electron chi connectivity index (χ3n) is 8.57. The Morgan fingerprint density at radius 3 is 2.84 bits per heavy atom. The molecule has 0 spiro atoms. The van der Waals surface area contributed by atoms with Gasteiger partial charge in [-0.3, -0.25) is 4.79 Å². The maximum atomic E-state index is 16.8. The van der Waals surface area contributed by atoms with Crippen LogP contribution in [0.15, 0.2) is 30.3 Å². The molecule has 43 heavy (non-hydrogen) atoms. The number of likely N-dealkylation sites (N-methyl/N-ethyl adjacent to an activating group) is 1. The van der Waals surface area contributed by atoms with Gasteiger partial charge in [0, 0.05) is 42.2 Å². The number of carbonyl (C=O) groups is 1. The average molecular weight is 584 g/mol. The third kappa shape index (κ3) is 4.53. The molecule has 11 heteroatoms. The van der Waals surface area contributed by atoms with Crippen LogP contribution >= 0.6 is 0 Å². The van der Waals surface area contributed by atoms with Crippen LogP contribution in [-0.2, 0) is 0 Å². The van der Waals surface area contributed by atoms with E-state index >= 15 is 4.39 Å². The second-order valence-electron chi connectivity index (χ2n) is 11.9. The van der Waals surface area contributed by atoms with Crippen molar-refractivity contribution < 1.29 is 18.3 Å². The number of hydrogen-bond acceptors (Lipinski definition) is 8. The normalized spacial score (nSPS) is 21.3. The summed E-state index contributed by atoms with van der Waals surface area (Å²) < 4.78 is 38.0. The lowest BCUT2D eigenvalue weighted by molar-refractivity contribution is 0.0924. The zero-order valence-corrected chi connectivity index (χ0v) is 24.1. The molecule has 2 fully saturated rings. The van der Waals surface area contributed by atoms with E-state index in [0.717, 1.165) is 12.8 Å². The monoisotopic (exact) mass is 583 g/mol. The Labute approximate surface area is 247 Å². The van der Waals surface area contributed by atoms with E-state index in [1.54, 1.807) is 24.3 Å². The van der Waals surface area contributed by atoms with Crippen LogP contribution in [0, 0.1) is 24.0 Å². The van der Waals surface area contributed by atoms with Gasteiger partial charge in [0.15, 0.2) is 5.82 Å². The van der Waals surface area contributed by atoms with Crippen LogP contribution in [0.5, 0.6) is 5.88 Å². The van der Waals surface area contributed by atoms with Gasteiger partial charge in [-0.05, 0) is 45.3 Å². The van der Waals surface area contributed by atoms with Gasteiger partial charge in [0.05, 0.1) is 11.6 Å². The molecule has 9 nitrogen and oxygen atoms in total. The van der Waals surface area contributed by atoms with Gasteiger partial charge in [-0.1, -0.05) is 30.2 Å². The highest BCUT2D eigenvalue weighted by Crippen LogP contribution is 2.43. The van der Waals surface area contributed by atoms with Crippen molar-refractivity contribution in [1.29, 1.82) is 0 Å². The number of hydrogen-bond donors (Lipinski definition) is 2. The molecule has 2 saturated heterocycles. The van der Waals surface area contributed by atoms with Crippen LogP contribution < -0.4 is 20.3 Å². The van der Waals surface area contributed by atoms with E-state index in [2.05, 4.69) is 31.4 Å². The highest BCUT2D eigenvalue weighted by molar-refractivity contribution is 6.04. The quantitative estimate of drug-likeness (QED) is 0.345. The number of benzene rings is 2. The van der Waals surface area contributed by atoms with Gasteiger partial charge in [0.25, 0.3) is 5.91 Å². The Hall–Kier alpha value is -4.40. The van der Waals surface area contributed by atoms with Crippen molar-refractivity contribution in [3.8, 4) is 29.5 Å². The van der Waals surface area contributed by atoms with Gasteiger partial charge < -0.3 is 25.2 Å². The minimum absolute atomic E-state index is 0.0127. The number of anilines is 1. The van der Waals surface area contributed by atoms with Gasteiger partial charge in [0.1, 0.15) is 34.8 Å². The number of nitrogens with zero attached hydrogens (tertiary/aromatic N) is 5. The summed E-state index contributed by atoms with van der Waals surface area (Å²) in [5.41, 5.74) is 0.140. The molecule has 3 aliphatic heterocycles. The van der Waals surface area contributed by atoms with Crippen LogP contribution in [0.3, 0.4) is 0 Å². The molecule has 0 aliphatic carbocycles. The van der Waals surface area contributed by atoms with E-state index < -0.39 is 17.5 Å². The van der Waals surface area contributed by atoms with Crippen molar-refractivity contribution in [2.75, 3.05) is 38.7 Å². The topological polar surface area (TPSA) is 95.5 Å². The van der Waals surface area contributed by atoms with Gasteiger partial charge >= 0.3 is 0 Å². The van der Waals surface area contributed by atoms with Crippen molar-refractivity contribution in [2.45, 2.75) is 43.9 Å². The Bertz CT molecular complexity index is 1840. The molecule has 2 aromatic heterocycles. The Kier molecular flexibility index (Phi) is 6.63. The first-order valence-electron chi connectivity index (χ1n) is 14.4. The lowest BCUT2D eigenvalue weighted by Crippen LogP contribution is -2.60. The first-order valence-corrected chi connectivity index (χ1v) is 14.4. The molecule has 220 valence electrons. The molecule has 1 amide bonds. The number of pyridine rings is 1. The summed E-state index contributed by atoms with van der Waals surface area (Å²) in [7, 11) is 3.83. The van der Waals surface area contributed by atoms with E-state index in [1.807, 2.05) is 25.9 Å². The fraction of sp³-hybridized carbons (Fsp3) is 0.375. The molecular weight excluding hydrogens is 552 g/mol. The highest BCUT2D eigenvalue weighted by atomic mass is 19.1. The van der Waals surface area contributed by atoms with Crippen LogP contribution in [0.4, 0.5) is 14.6 Å². The number of nitrogens with one attached hydrogen (secondary N) is 2. The summed E-state index contributed by atoms with van der Waals surface area (Å²) in [6.45, 7) is 3.40. The molecule has 0 saturated carbocycles. The zero-order chi connectivity index (χ0) is 30.0. The average Bonchev–Trinajstić information content (AvgIpc) is 3.29. The second kappa shape index (κ2) is 10.4. The molecule has 0 radical (unpaired) electrons. The molecule has 3 aliphatic rings. The highest BCUT2D eigenvalue weighted by Gasteiger charge is 2.44. The molecule has 5 heterocycles. The Morgan fingerprint density at radius 1 is 1.21 bits per heavy atom. The van der Waals surface area contributed by atoms with Crippen molar-refractivity contribution in [3.63, 3.8) is 0 Å². The number of piperazine rings is 1. The van der Waals surface area contributed by atoms with Crippen LogP contribution in [0.2, 0.25) is 0 Å². The summed E-state index contributed by atoms with van der Waals surface area (Å²) in [4.78, 5) is 31.4. The standard InChI is InChI=1S/C32H31F2N7O2/c1-5-19-21(33)11-9-17-7-6-8-20(24(17)19)27-26(34)28-25-30(39-29(37-28)31(42)35-16(2)13-40(3)4)41-14-18-10-12-22(36-18)23(41)15-43-32(25)38-27/h1,6-9,11,16,18,22-23,36H,10,12-15H2,2-4H3,(H,35,42)/t16-,18+,22-,23-/m1/s1. The summed E-state index contributed by atoms with van der Waals surface area (Å²) in [6.07, 6.45) is 7.69. The van der Waals surface area contributed by atoms with Gasteiger partial charge in [-0.2, -0.15) is 0 Å². The fourth-order valence-electron chi connectivity index (χ4n) is 6.79. The van der Waals surface area contributed by atoms with Gasteiger partial charge in [-0.15, -0.1) is 6.42 Å². The van der Waals surface area contributed by atoms with E-state index in [-0.39, 0.29) is 59.3 Å². The number of aromatic nitrogens is 3. The minimum atomic E-state index is -0.766. The van der Waals surface area contributed by atoms with E-state index in [1.165, 1.54) is 6.07 Å². The minimum Gasteiger partial charge on any atom is -0.475 e. The molecule has 2 N–H and O–H groups in total. The number of carbonyl (C=O) groups excluding carboxylic acids is 1. The number of ether oxygens (including phenoxy) is 1. The molecule has 2 aromatic carbocycles. The number of fused-ring (bicyclic) bond motifs is 6. The predicted octanol–water partition coefficient (Wildman–Crippen LogP) is 3.49. The van der Waals surface area contributed by atoms with E-state index in [9.17, 15) is 9.18 Å². The molecule has 2 bridgehead atoms. The first kappa shape index (κ1) is 27.4. The van der Waals surface area contributed by atoms with Gasteiger partial charge in [0.2, 0.25) is 11.7 Å². The maximum absolute atomic E-state index is 16.8. The lowest BCUT2D eigenvalue weighted by atomic mass is 9.96. The number of rotatable bonds is 5. The molecule has 4 aromatic rings. The fourth-order valence-corrected chi connectivity index (χ4v) is 6.79. The van der Waals surface area contributed by atoms with Crippen molar-refractivity contribution >= 4 is 33.4 Å². The SMILES string of the molecule is C#Cc1c(F)ccc2cccc(-c3nc4c5c(nc(C(=O)N[C@H](C)CN(C)C)nc5c3F)N3C[C@@H]5CC[C@@H](N5)[C@H]3CO4)c12. The lowest BCUT2D eigenvalue weighted by Gasteiger charge is -2.40.